The first kappa shape index (κ1) is 13.4. The van der Waals surface area contributed by atoms with Crippen molar-refractivity contribution in [2.45, 2.75) is 6.92 Å². The van der Waals surface area contributed by atoms with Gasteiger partial charge in [0.05, 0.1) is 19.6 Å². The summed E-state index contributed by atoms with van der Waals surface area (Å²) in [6.07, 6.45) is 0. The second kappa shape index (κ2) is 6.83. The molecule has 1 fully saturated rings. The molecule has 94 valence electrons. The number of hydrogen-bond acceptors (Lipinski definition) is 5. The van der Waals surface area contributed by atoms with E-state index in [0.29, 0.717) is 0 Å². The smallest absolute Gasteiger partial charge is 0.309 e. The van der Waals surface area contributed by atoms with Crippen LogP contribution in [0, 0.1) is 5.92 Å². The van der Waals surface area contributed by atoms with Gasteiger partial charge in [-0.3, -0.25) is 14.6 Å². The van der Waals surface area contributed by atoms with Crippen LogP contribution in [0.3, 0.4) is 0 Å². The molecule has 1 aliphatic heterocycles. The lowest BCUT2D eigenvalue weighted by Gasteiger charge is -2.35. The van der Waals surface area contributed by atoms with E-state index < -0.39 is 0 Å². The minimum atomic E-state index is -0.141. The molecule has 0 aromatic rings. The van der Waals surface area contributed by atoms with E-state index in [1.165, 1.54) is 7.11 Å². The molecule has 1 heterocycles. The Labute approximate surface area is 97.0 Å². The number of methoxy groups -OCH3 is 1. The SMILES string of the molecule is COC(=O)C(C)CN1CCN(CCO)CC1. The molecule has 0 bridgehead atoms. The molecular formula is C11H22N2O3. The van der Waals surface area contributed by atoms with Gasteiger partial charge < -0.3 is 9.84 Å². The summed E-state index contributed by atoms with van der Waals surface area (Å²) in [4.78, 5) is 15.8. The van der Waals surface area contributed by atoms with Gasteiger partial charge in [-0.1, -0.05) is 6.92 Å². The number of carbonyl (C=O) groups is 1. The Bertz CT molecular complexity index is 215. The third-order valence-corrected chi connectivity index (χ3v) is 3.02. The van der Waals surface area contributed by atoms with E-state index in [9.17, 15) is 4.79 Å². The topological polar surface area (TPSA) is 53.0 Å². The Kier molecular flexibility index (Phi) is 5.73. The Balaban J connectivity index is 2.24. The Morgan fingerprint density at radius 3 is 2.38 bits per heavy atom. The Morgan fingerprint density at radius 1 is 1.31 bits per heavy atom. The van der Waals surface area contributed by atoms with Crippen molar-refractivity contribution >= 4 is 5.97 Å². The highest BCUT2D eigenvalue weighted by Gasteiger charge is 2.21. The molecule has 0 aromatic heterocycles. The second-order valence-corrected chi connectivity index (χ2v) is 4.29. The molecule has 0 aromatic carbocycles. The van der Waals surface area contributed by atoms with Gasteiger partial charge in [0.15, 0.2) is 0 Å². The van der Waals surface area contributed by atoms with Crippen LogP contribution < -0.4 is 0 Å². The number of ether oxygens (including phenoxy) is 1. The number of β-amino-alcohol motifs (C(OH)–C–C–N with tert-alkyl or cyclic N) is 1. The number of aliphatic hydroxyl groups excluding tert-OH is 1. The van der Waals surface area contributed by atoms with Crippen LogP contribution >= 0.6 is 0 Å². The largest absolute Gasteiger partial charge is 0.469 e. The van der Waals surface area contributed by atoms with Crippen molar-refractivity contribution in [3.8, 4) is 0 Å². The van der Waals surface area contributed by atoms with Gasteiger partial charge in [-0.15, -0.1) is 0 Å². The zero-order valence-electron chi connectivity index (χ0n) is 10.2. The zero-order valence-corrected chi connectivity index (χ0v) is 10.2. The van der Waals surface area contributed by atoms with Gasteiger partial charge in [-0.2, -0.15) is 0 Å². The molecule has 1 saturated heterocycles. The van der Waals surface area contributed by atoms with Crippen LogP contribution in [0.25, 0.3) is 0 Å². The molecule has 0 saturated carbocycles. The monoisotopic (exact) mass is 230 g/mol. The fourth-order valence-electron chi connectivity index (χ4n) is 2.00. The third kappa shape index (κ3) is 4.08. The van der Waals surface area contributed by atoms with Crippen LogP contribution in [-0.4, -0.2) is 73.9 Å². The summed E-state index contributed by atoms with van der Waals surface area (Å²) >= 11 is 0. The number of esters is 1. The maximum Gasteiger partial charge on any atom is 0.309 e. The van der Waals surface area contributed by atoms with Gasteiger partial charge in [0.1, 0.15) is 0 Å². The van der Waals surface area contributed by atoms with Gasteiger partial charge in [0.2, 0.25) is 0 Å². The van der Waals surface area contributed by atoms with Gasteiger partial charge in [-0.05, 0) is 0 Å². The highest BCUT2D eigenvalue weighted by atomic mass is 16.5. The van der Waals surface area contributed by atoms with E-state index in [0.717, 1.165) is 39.3 Å². The van der Waals surface area contributed by atoms with Crippen LogP contribution in [0.2, 0.25) is 0 Å². The summed E-state index contributed by atoms with van der Waals surface area (Å²) in [5.74, 6) is -0.202. The lowest BCUT2D eigenvalue weighted by molar-refractivity contribution is -0.145. The van der Waals surface area contributed by atoms with E-state index in [1.807, 2.05) is 6.92 Å². The fraction of sp³-hybridized carbons (Fsp3) is 0.909. The van der Waals surface area contributed by atoms with Crippen LogP contribution in [-0.2, 0) is 9.53 Å². The highest BCUT2D eigenvalue weighted by Crippen LogP contribution is 2.06. The maximum absolute atomic E-state index is 11.3. The zero-order chi connectivity index (χ0) is 12.0. The average molecular weight is 230 g/mol. The van der Waals surface area contributed by atoms with Crippen molar-refractivity contribution < 1.29 is 14.6 Å². The van der Waals surface area contributed by atoms with Crippen molar-refractivity contribution in [1.82, 2.24) is 9.80 Å². The number of nitrogens with zero attached hydrogens (tertiary/aromatic N) is 2. The number of aliphatic hydroxyl groups is 1. The molecule has 1 atom stereocenters. The lowest BCUT2D eigenvalue weighted by atomic mass is 10.1. The molecule has 1 aliphatic rings. The van der Waals surface area contributed by atoms with Crippen LogP contribution in [0.15, 0.2) is 0 Å². The number of carbonyl (C=O) groups excluding carboxylic acids is 1. The van der Waals surface area contributed by atoms with Crippen molar-refractivity contribution in [3.63, 3.8) is 0 Å². The number of piperazine rings is 1. The molecule has 5 heteroatoms. The van der Waals surface area contributed by atoms with Crippen molar-refractivity contribution in [1.29, 1.82) is 0 Å². The first-order valence-corrected chi connectivity index (χ1v) is 5.80. The molecule has 0 radical (unpaired) electrons. The molecule has 1 unspecified atom stereocenters. The van der Waals surface area contributed by atoms with Gasteiger partial charge in [0, 0.05) is 39.3 Å². The molecule has 0 amide bonds. The Morgan fingerprint density at radius 2 is 1.88 bits per heavy atom. The average Bonchev–Trinajstić information content (AvgIpc) is 2.31. The summed E-state index contributed by atoms with van der Waals surface area (Å²) in [5, 5.41) is 8.82. The van der Waals surface area contributed by atoms with Crippen LogP contribution in [0.4, 0.5) is 0 Å². The first-order valence-electron chi connectivity index (χ1n) is 5.80. The molecule has 16 heavy (non-hydrogen) atoms. The number of rotatable bonds is 5. The highest BCUT2D eigenvalue weighted by molar-refractivity contribution is 5.72. The van der Waals surface area contributed by atoms with E-state index in [1.54, 1.807) is 0 Å². The standard InChI is InChI=1S/C11H22N2O3/c1-10(11(15)16-2)9-13-5-3-12(4-6-13)7-8-14/h10,14H,3-9H2,1-2H3. The molecule has 1 rings (SSSR count). The summed E-state index contributed by atoms with van der Waals surface area (Å²) < 4.78 is 4.70. The van der Waals surface area contributed by atoms with Crippen LogP contribution in [0.5, 0.6) is 0 Å². The van der Waals surface area contributed by atoms with Crippen molar-refractivity contribution in [3.05, 3.63) is 0 Å². The number of hydrogen-bond donors (Lipinski definition) is 1. The molecule has 0 spiro atoms. The molecule has 1 N–H and O–H groups in total. The molecule has 5 nitrogen and oxygen atoms in total. The summed E-state index contributed by atoms with van der Waals surface area (Å²) in [6, 6.07) is 0. The van der Waals surface area contributed by atoms with Crippen molar-refractivity contribution in [2.24, 2.45) is 5.92 Å². The predicted octanol–water partition coefficient (Wildman–Crippen LogP) is -0.595. The molecule has 0 aliphatic carbocycles. The fourth-order valence-corrected chi connectivity index (χ4v) is 2.00. The minimum absolute atomic E-state index is 0.0607. The van der Waals surface area contributed by atoms with E-state index in [2.05, 4.69) is 9.80 Å². The van der Waals surface area contributed by atoms with Gasteiger partial charge in [0.25, 0.3) is 0 Å². The first-order chi connectivity index (χ1) is 7.67. The van der Waals surface area contributed by atoms with Crippen LogP contribution in [0.1, 0.15) is 6.92 Å². The summed E-state index contributed by atoms with van der Waals surface area (Å²) in [6.45, 7) is 7.48. The van der Waals surface area contributed by atoms with Gasteiger partial charge in [-0.25, -0.2) is 0 Å². The minimum Gasteiger partial charge on any atom is -0.469 e. The molecular weight excluding hydrogens is 208 g/mol. The van der Waals surface area contributed by atoms with Gasteiger partial charge >= 0.3 is 5.97 Å². The summed E-state index contributed by atoms with van der Waals surface area (Å²) in [5.41, 5.74) is 0. The normalized spacial score (nSPS) is 20.7. The van der Waals surface area contributed by atoms with Crippen molar-refractivity contribution in [2.75, 3.05) is 53.0 Å². The predicted molar refractivity (Wildman–Crippen MR) is 61.1 cm³/mol. The van der Waals surface area contributed by atoms with E-state index in [-0.39, 0.29) is 18.5 Å². The van der Waals surface area contributed by atoms with E-state index >= 15 is 0 Å². The lowest BCUT2D eigenvalue weighted by Crippen LogP contribution is -2.48. The second-order valence-electron chi connectivity index (χ2n) is 4.29. The Hall–Kier alpha value is -0.650. The maximum atomic E-state index is 11.3. The van der Waals surface area contributed by atoms with E-state index in [4.69, 9.17) is 9.84 Å². The summed E-state index contributed by atoms with van der Waals surface area (Å²) in [7, 11) is 1.43. The quantitative estimate of drug-likeness (QED) is 0.640. The third-order valence-electron chi connectivity index (χ3n) is 3.02.